The lowest BCUT2D eigenvalue weighted by Gasteiger charge is -2.32. The molecule has 0 saturated carbocycles. The Hall–Kier alpha value is -1.58. The average molecular weight is 306 g/mol. The Balaban J connectivity index is 2.00. The van der Waals surface area contributed by atoms with Crippen LogP contribution < -0.4 is 10.1 Å². The summed E-state index contributed by atoms with van der Waals surface area (Å²) >= 11 is 6.05. The first-order valence-electron chi connectivity index (χ1n) is 6.98. The highest BCUT2D eigenvalue weighted by molar-refractivity contribution is 6.30. The highest BCUT2D eigenvalue weighted by atomic mass is 35.5. The highest BCUT2D eigenvalue weighted by Gasteiger charge is 2.30. The van der Waals surface area contributed by atoms with E-state index in [1.165, 1.54) is 6.07 Å². The van der Waals surface area contributed by atoms with Crippen molar-refractivity contribution >= 4 is 11.6 Å². The van der Waals surface area contributed by atoms with E-state index in [-0.39, 0.29) is 18.0 Å². The number of rotatable bonds is 2. The summed E-state index contributed by atoms with van der Waals surface area (Å²) in [5.41, 5.74) is 2.66. The van der Waals surface area contributed by atoms with E-state index < -0.39 is 0 Å². The lowest BCUT2D eigenvalue weighted by molar-refractivity contribution is 0.150. The molecular formula is C17H17ClFNO. The minimum absolute atomic E-state index is 0.0948. The molecule has 0 bridgehead atoms. The van der Waals surface area contributed by atoms with E-state index in [2.05, 4.69) is 5.32 Å². The minimum Gasteiger partial charge on any atom is -0.485 e. The Kier molecular flexibility index (Phi) is 3.87. The number of hydrogen-bond donors (Lipinski definition) is 1. The van der Waals surface area contributed by atoms with Crippen LogP contribution in [0.1, 0.15) is 35.3 Å². The molecule has 2 aromatic rings. The zero-order valence-electron chi connectivity index (χ0n) is 12.0. The zero-order valence-corrected chi connectivity index (χ0v) is 12.7. The van der Waals surface area contributed by atoms with Crippen LogP contribution in [0.4, 0.5) is 4.39 Å². The highest BCUT2D eigenvalue weighted by Crippen LogP contribution is 2.42. The van der Waals surface area contributed by atoms with Gasteiger partial charge in [0.1, 0.15) is 17.7 Å². The molecule has 0 spiro atoms. The van der Waals surface area contributed by atoms with E-state index in [4.69, 9.17) is 16.3 Å². The molecule has 1 aliphatic heterocycles. The summed E-state index contributed by atoms with van der Waals surface area (Å²) in [7, 11) is 1.89. The molecule has 0 aliphatic carbocycles. The first kappa shape index (κ1) is 14.4. The summed E-state index contributed by atoms with van der Waals surface area (Å²) in [6.07, 6.45) is 0.376. The van der Waals surface area contributed by atoms with Crippen LogP contribution in [0.3, 0.4) is 0 Å². The fourth-order valence-electron chi connectivity index (χ4n) is 2.82. The molecule has 0 radical (unpaired) electrons. The third-order valence-electron chi connectivity index (χ3n) is 3.91. The van der Waals surface area contributed by atoms with E-state index in [1.54, 1.807) is 12.1 Å². The normalized spacial score (nSPS) is 20.8. The second-order valence-corrected chi connectivity index (χ2v) is 5.83. The van der Waals surface area contributed by atoms with Gasteiger partial charge in [-0.05, 0) is 44.3 Å². The van der Waals surface area contributed by atoms with Crippen molar-refractivity contribution in [2.24, 2.45) is 0 Å². The Bertz CT molecular complexity index is 674. The second-order valence-electron chi connectivity index (χ2n) is 5.39. The Morgan fingerprint density at radius 1 is 1.19 bits per heavy atom. The molecule has 110 valence electrons. The third-order valence-corrected chi connectivity index (χ3v) is 4.15. The lowest BCUT2D eigenvalue weighted by Crippen LogP contribution is -2.27. The van der Waals surface area contributed by atoms with E-state index in [0.29, 0.717) is 17.0 Å². The van der Waals surface area contributed by atoms with Gasteiger partial charge in [0.15, 0.2) is 0 Å². The second kappa shape index (κ2) is 5.66. The van der Waals surface area contributed by atoms with Gasteiger partial charge in [0.05, 0.1) is 0 Å². The van der Waals surface area contributed by atoms with Crippen molar-refractivity contribution in [3.8, 4) is 5.75 Å². The van der Waals surface area contributed by atoms with E-state index in [1.807, 2.05) is 32.2 Å². The zero-order chi connectivity index (χ0) is 15.0. The van der Waals surface area contributed by atoms with E-state index in [9.17, 15) is 4.39 Å². The quantitative estimate of drug-likeness (QED) is 0.877. The smallest absolute Gasteiger partial charge is 0.130 e. The van der Waals surface area contributed by atoms with Gasteiger partial charge in [0.25, 0.3) is 0 Å². The Morgan fingerprint density at radius 2 is 2.00 bits per heavy atom. The molecule has 2 atom stereocenters. The summed E-state index contributed by atoms with van der Waals surface area (Å²) in [5, 5.41) is 3.94. The van der Waals surface area contributed by atoms with Gasteiger partial charge in [-0.3, -0.25) is 0 Å². The molecule has 0 fully saturated rings. The van der Waals surface area contributed by atoms with Crippen molar-refractivity contribution in [3.63, 3.8) is 0 Å². The molecule has 0 aromatic heterocycles. The maximum atomic E-state index is 14.1. The molecule has 3 rings (SSSR count). The molecule has 2 aromatic carbocycles. The fraction of sp³-hybridized carbons (Fsp3) is 0.294. The minimum atomic E-state index is -0.295. The largest absolute Gasteiger partial charge is 0.485 e. The SMILES string of the molecule is CNC1CC(c2cc(C)ccc2F)Oc2ccc(Cl)cc21. The van der Waals surface area contributed by atoms with E-state index >= 15 is 0 Å². The number of aryl methyl sites for hydroxylation is 1. The maximum Gasteiger partial charge on any atom is 0.130 e. The average Bonchev–Trinajstić information content (AvgIpc) is 2.48. The monoisotopic (exact) mass is 305 g/mol. The van der Waals surface area contributed by atoms with Crippen molar-refractivity contribution in [2.45, 2.75) is 25.5 Å². The van der Waals surface area contributed by atoms with Crippen molar-refractivity contribution < 1.29 is 9.13 Å². The number of fused-ring (bicyclic) bond motifs is 1. The molecule has 2 unspecified atom stereocenters. The van der Waals surface area contributed by atoms with Gasteiger partial charge in [-0.1, -0.05) is 23.2 Å². The first-order valence-corrected chi connectivity index (χ1v) is 7.35. The summed E-state index contributed by atoms with van der Waals surface area (Å²) in [5.74, 6) is 0.536. The van der Waals surface area contributed by atoms with Gasteiger partial charge in [-0.2, -0.15) is 0 Å². The molecule has 4 heteroatoms. The number of nitrogens with one attached hydrogen (secondary N) is 1. The molecule has 1 heterocycles. The topological polar surface area (TPSA) is 21.3 Å². The molecule has 21 heavy (non-hydrogen) atoms. The standard InChI is InChI=1S/C17H17ClFNO/c1-10-3-5-14(19)12(7-10)17-9-15(20-2)13-8-11(18)4-6-16(13)21-17/h3-8,15,17,20H,9H2,1-2H3. The molecule has 0 saturated heterocycles. The van der Waals surface area contributed by atoms with Gasteiger partial charge in [-0.15, -0.1) is 0 Å². The molecule has 1 N–H and O–H groups in total. The summed E-state index contributed by atoms with van der Waals surface area (Å²) in [4.78, 5) is 0. The van der Waals surface area contributed by atoms with Crippen LogP contribution in [0.15, 0.2) is 36.4 Å². The van der Waals surface area contributed by atoms with Crippen molar-refractivity contribution in [2.75, 3.05) is 7.05 Å². The van der Waals surface area contributed by atoms with Crippen LogP contribution in [-0.4, -0.2) is 7.05 Å². The first-order chi connectivity index (χ1) is 10.1. The Morgan fingerprint density at radius 3 is 2.76 bits per heavy atom. The fourth-order valence-corrected chi connectivity index (χ4v) is 3.00. The van der Waals surface area contributed by atoms with Gasteiger partial charge in [0, 0.05) is 28.6 Å². The molecule has 0 amide bonds. The molecule has 2 nitrogen and oxygen atoms in total. The lowest BCUT2D eigenvalue weighted by atomic mass is 9.92. The van der Waals surface area contributed by atoms with Crippen LogP contribution in [-0.2, 0) is 0 Å². The Labute approximate surface area is 128 Å². The third kappa shape index (κ3) is 2.76. The van der Waals surface area contributed by atoms with E-state index in [0.717, 1.165) is 16.9 Å². The van der Waals surface area contributed by atoms with Gasteiger partial charge >= 0.3 is 0 Å². The summed E-state index contributed by atoms with van der Waals surface area (Å²) in [6, 6.07) is 10.8. The number of hydrogen-bond acceptors (Lipinski definition) is 2. The number of halogens is 2. The van der Waals surface area contributed by atoms with Crippen LogP contribution in [0.2, 0.25) is 5.02 Å². The van der Waals surface area contributed by atoms with Crippen LogP contribution in [0, 0.1) is 12.7 Å². The molecular weight excluding hydrogens is 289 g/mol. The van der Waals surface area contributed by atoms with Crippen LogP contribution in [0.25, 0.3) is 0 Å². The number of benzene rings is 2. The predicted molar refractivity (Wildman–Crippen MR) is 82.4 cm³/mol. The van der Waals surface area contributed by atoms with Gasteiger partial charge in [0.2, 0.25) is 0 Å². The van der Waals surface area contributed by atoms with Crippen LogP contribution in [0.5, 0.6) is 5.75 Å². The van der Waals surface area contributed by atoms with Crippen molar-refractivity contribution in [1.82, 2.24) is 5.32 Å². The maximum absolute atomic E-state index is 14.1. The van der Waals surface area contributed by atoms with Crippen LogP contribution >= 0.6 is 11.6 Å². The number of ether oxygens (including phenoxy) is 1. The van der Waals surface area contributed by atoms with Gasteiger partial charge in [-0.25, -0.2) is 4.39 Å². The van der Waals surface area contributed by atoms with Crippen molar-refractivity contribution in [3.05, 3.63) is 63.9 Å². The van der Waals surface area contributed by atoms with Gasteiger partial charge < -0.3 is 10.1 Å². The van der Waals surface area contributed by atoms with Crippen molar-refractivity contribution in [1.29, 1.82) is 0 Å². The summed E-state index contributed by atoms with van der Waals surface area (Å²) < 4.78 is 20.1. The molecule has 1 aliphatic rings. The predicted octanol–water partition coefficient (Wildman–Crippen LogP) is 4.57. The summed E-state index contributed by atoms with van der Waals surface area (Å²) in [6.45, 7) is 1.95.